The van der Waals surface area contributed by atoms with Crippen LogP contribution in [0.2, 0.25) is 0 Å². The lowest BCUT2D eigenvalue weighted by molar-refractivity contribution is -0.359. The summed E-state index contributed by atoms with van der Waals surface area (Å²) in [5.74, 6) is -0.204. The Hall–Kier alpha value is -1.53. The number of nitrogens with one attached hydrogen (secondary N) is 1. The number of aliphatic hydroxyl groups excluding tert-OH is 8. The highest BCUT2D eigenvalue weighted by Crippen LogP contribution is 2.30. The number of aliphatic hydroxyl groups is 8. The zero-order chi connectivity index (χ0) is 58.8. The SMILES string of the molecule is CCCCCCC/C=C\C/C=C\CCCCCCCCCCCCCCCCCCCCCCCCCCCCCC(=O)NC(COC1OC(CO)C(OC2OC(CO)C(O)C(O)C2O)C(O)C1O)C(O)CCCCCCCCCC. The van der Waals surface area contributed by atoms with Gasteiger partial charge in [0.25, 0.3) is 0 Å². The molecule has 0 aromatic rings. The molecule has 2 heterocycles. The van der Waals surface area contributed by atoms with E-state index in [0.717, 1.165) is 57.8 Å². The predicted molar refractivity (Wildman–Crippen MR) is 328 cm³/mol. The molecule has 0 aromatic heterocycles. The zero-order valence-corrected chi connectivity index (χ0v) is 51.8. The molecule has 2 fully saturated rings. The van der Waals surface area contributed by atoms with E-state index in [1.165, 1.54) is 218 Å². The molecule has 0 aromatic carbocycles. The van der Waals surface area contributed by atoms with Gasteiger partial charge in [0, 0.05) is 6.42 Å². The number of amides is 1. The molecule has 478 valence electrons. The van der Waals surface area contributed by atoms with Crippen molar-refractivity contribution in [1.82, 2.24) is 5.32 Å². The summed E-state index contributed by atoms with van der Waals surface area (Å²) in [5, 5.41) is 87.0. The minimum atomic E-state index is -1.78. The fraction of sp³-hybridized carbons (Fsp3) is 0.925. The van der Waals surface area contributed by atoms with Crippen molar-refractivity contribution >= 4 is 5.91 Å². The second kappa shape index (κ2) is 52.8. The summed E-state index contributed by atoms with van der Waals surface area (Å²) in [6.45, 7) is 2.83. The van der Waals surface area contributed by atoms with Crippen LogP contribution in [-0.2, 0) is 23.7 Å². The molecule has 12 atom stereocenters. The molecule has 0 bridgehead atoms. The Balaban J connectivity index is 1.49. The van der Waals surface area contributed by atoms with Gasteiger partial charge in [-0.15, -0.1) is 0 Å². The summed E-state index contributed by atoms with van der Waals surface area (Å²) in [7, 11) is 0. The Labute approximate surface area is 494 Å². The van der Waals surface area contributed by atoms with Crippen LogP contribution in [0.4, 0.5) is 0 Å². The van der Waals surface area contributed by atoms with Crippen molar-refractivity contribution in [2.24, 2.45) is 0 Å². The van der Waals surface area contributed by atoms with Gasteiger partial charge in [-0.05, 0) is 44.9 Å². The quantitative estimate of drug-likeness (QED) is 0.0204. The van der Waals surface area contributed by atoms with Crippen molar-refractivity contribution in [2.45, 2.75) is 376 Å². The van der Waals surface area contributed by atoms with Gasteiger partial charge in [0.1, 0.15) is 48.8 Å². The molecular weight excluding hydrogens is 1030 g/mol. The first kappa shape index (κ1) is 75.6. The van der Waals surface area contributed by atoms with Crippen molar-refractivity contribution in [3.05, 3.63) is 24.3 Å². The number of carbonyl (C=O) groups excluding carboxylic acids is 1. The smallest absolute Gasteiger partial charge is 0.220 e. The Morgan fingerprint density at radius 2 is 0.815 bits per heavy atom. The van der Waals surface area contributed by atoms with Crippen LogP contribution in [0.3, 0.4) is 0 Å². The van der Waals surface area contributed by atoms with Crippen molar-refractivity contribution in [3.8, 4) is 0 Å². The summed E-state index contributed by atoms with van der Waals surface area (Å²) in [6.07, 6.45) is 48.4. The maximum absolute atomic E-state index is 13.2. The van der Waals surface area contributed by atoms with E-state index in [2.05, 4.69) is 43.5 Å². The maximum Gasteiger partial charge on any atom is 0.220 e. The summed E-state index contributed by atoms with van der Waals surface area (Å²) in [5.41, 5.74) is 0. The van der Waals surface area contributed by atoms with E-state index in [-0.39, 0.29) is 12.5 Å². The van der Waals surface area contributed by atoms with Gasteiger partial charge in [0.2, 0.25) is 5.91 Å². The van der Waals surface area contributed by atoms with Gasteiger partial charge in [-0.25, -0.2) is 0 Å². The molecule has 0 aliphatic carbocycles. The van der Waals surface area contributed by atoms with Crippen LogP contribution in [0.25, 0.3) is 0 Å². The van der Waals surface area contributed by atoms with Gasteiger partial charge in [-0.2, -0.15) is 0 Å². The van der Waals surface area contributed by atoms with E-state index >= 15 is 0 Å². The largest absolute Gasteiger partial charge is 0.394 e. The van der Waals surface area contributed by atoms with Crippen LogP contribution in [0.15, 0.2) is 24.3 Å². The van der Waals surface area contributed by atoms with Crippen molar-refractivity contribution < 1.29 is 64.6 Å². The van der Waals surface area contributed by atoms with E-state index in [0.29, 0.717) is 12.8 Å². The normalized spacial score (nSPS) is 24.2. The Morgan fingerprint density at radius 3 is 1.23 bits per heavy atom. The van der Waals surface area contributed by atoms with Gasteiger partial charge < -0.3 is 65.1 Å². The fourth-order valence-corrected chi connectivity index (χ4v) is 11.4. The topological polar surface area (TPSA) is 228 Å². The molecule has 2 saturated heterocycles. The molecule has 9 N–H and O–H groups in total. The highest BCUT2D eigenvalue weighted by molar-refractivity contribution is 5.76. The van der Waals surface area contributed by atoms with Crippen LogP contribution < -0.4 is 5.32 Å². The van der Waals surface area contributed by atoms with Crippen molar-refractivity contribution in [1.29, 1.82) is 0 Å². The molecule has 0 spiro atoms. The minimum absolute atomic E-state index is 0.204. The molecule has 12 unspecified atom stereocenters. The van der Waals surface area contributed by atoms with Crippen LogP contribution in [-0.4, -0.2) is 140 Å². The average molecular weight is 1150 g/mol. The number of hydrogen-bond acceptors (Lipinski definition) is 13. The van der Waals surface area contributed by atoms with E-state index in [1.54, 1.807) is 0 Å². The van der Waals surface area contributed by atoms with Crippen LogP contribution in [0, 0.1) is 0 Å². The Bertz CT molecular complexity index is 1450. The summed E-state index contributed by atoms with van der Waals surface area (Å²) in [4.78, 5) is 13.2. The first-order valence-electron chi connectivity index (χ1n) is 34.1. The minimum Gasteiger partial charge on any atom is -0.394 e. The lowest BCUT2D eigenvalue weighted by atomic mass is 9.97. The molecule has 14 heteroatoms. The van der Waals surface area contributed by atoms with Gasteiger partial charge in [-0.1, -0.05) is 276 Å². The van der Waals surface area contributed by atoms with E-state index in [9.17, 15) is 45.6 Å². The van der Waals surface area contributed by atoms with Crippen LogP contribution in [0.1, 0.15) is 303 Å². The average Bonchev–Trinajstić information content (AvgIpc) is 3.51. The molecule has 1 amide bonds. The van der Waals surface area contributed by atoms with Gasteiger partial charge >= 0.3 is 0 Å². The Kier molecular flexibility index (Phi) is 49.2. The third-order valence-electron chi connectivity index (χ3n) is 16.9. The summed E-state index contributed by atoms with van der Waals surface area (Å²) < 4.78 is 22.8. The van der Waals surface area contributed by atoms with E-state index < -0.39 is 86.8 Å². The van der Waals surface area contributed by atoms with Crippen LogP contribution >= 0.6 is 0 Å². The molecular formula is C67H127NO13. The first-order chi connectivity index (χ1) is 39.6. The van der Waals surface area contributed by atoms with E-state index in [1.807, 2.05) is 0 Å². The zero-order valence-electron chi connectivity index (χ0n) is 51.8. The number of carbonyl (C=O) groups is 1. The summed E-state index contributed by atoms with van der Waals surface area (Å²) in [6, 6.07) is -0.823. The molecule has 0 radical (unpaired) electrons. The lowest BCUT2D eigenvalue weighted by Gasteiger charge is -2.46. The van der Waals surface area contributed by atoms with Gasteiger partial charge in [-0.3, -0.25) is 4.79 Å². The summed E-state index contributed by atoms with van der Waals surface area (Å²) >= 11 is 0. The molecule has 14 nitrogen and oxygen atoms in total. The molecule has 2 rings (SSSR count). The number of ether oxygens (including phenoxy) is 4. The van der Waals surface area contributed by atoms with Crippen molar-refractivity contribution in [3.63, 3.8) is 0 Å². The standard InChI is InChI=1S/C67H127NO13/c1-3-5-7-9-11-13-14-15-16-17-18-19-20-21-22-23-24-25-26-27-28-29-30-31-32-33-34-35-36-37-38-39-40-41-42-43-45-47-49-51-59(72)68-55(56(71)50-48-46-44-12-10-8-6-4-2)54-78-66-64(77)62(75)65(58(53-70)80-66)81-67-63(76)61(74)60(73)57(52-69)79-67/h14-15,17-18,55-58,60-67,69-71,73-77H,3-13,16,19-54H2,1-2H3,(H,68,72)/b15-14-,18-17-. The lowest BCUT2D eigenvalue weighted by Crippen LogP contribution is -2.65. The second-order valence-electron chi connectivity index (χ2n) is 24.3. The first-order valence-corrected chi connectivity index (χ1v) is 34.1. The third kappa shape index (κ3) is 37.6. The third-order valence-corrected chi connectivity index (χ3v) is 16.9. The molecule has 2 aliphatic heterocycles. The number of unbranched alkanes of at least 4 members (excludes halogenated alkanes) is 39. The number of hydrogen-bond donors (Lipinski definition) is 9. The van der Waals surface area contributed by atoms with Gasteiger partial charge in [0.05, 0.1) is 32.0 Å². The van der Waals surface area contributed by atoms with Gasteiger partial charge in [0.15, 0.2) is 12.6 Å². The van der Waals surface area contributed by atoms with Crippen LogP contribution in [0.5, 0.6) is 0 Å². The highest BCUT2D eigenvalue weighted by Gasteiger charge is 2.51. The fourth-order valence-electron chi connectivity index (χ4n) is 11.4. The van der Waals surface area contributed by atoms with E-state index in [4.69, 9.17) is 18.9 Å². The highest BCUT2D eigenvalue weighted by atomic mass is 16.7. The molecule has 81 heavy (non-hydrogen) atoms. The molecule has 2 aliphatic rings. The monoisotopic (exact) mass is 1150 g/mol. The van der Waals surface area contributed by atoms with Crippen molar-refractivity contribution in [2.75, 3.05) is 19.8 Å². The second-order valence-corrected chi connectivity index (χ2v) is 24.3. The predicted octanol–water partition coefficient (Wildman–Crippen LogP) is 13.2. The Morgan fingerprint density at radius 1 is 0.444 bits per heavy atom. The maximum atomic E-state index is 13.2. The molecule has 0 saturated carbocycles. The number of allylic oxidation sites excluding steroid dienone is 4. The number of rotatable bonds is 56.